The van der Waals surface area contributed by atoms with Crippen LogP contribution < -0.4 is 0 Å². The summed E-state index contributed by atoms with van der Waals surface area (Å²) in [5, 5.41) is 0. The van der Waals surface area contributed by atoms with E-state index in [4.69, 9.17) is 9.47 Å². The van der Waals surface area contributed by atoms with Gasteiger partial charge in [-0.2, -0.15) is 0 Å². The number of amides is 1. The van der Waals surface area contributed by atoms with E-state index < -0.39 is 17.5 Å². The van der Waals surface area contributed by atoms with Gasteiger partial charge < -0.3 is 14.4 Å². The van der Waals surface area contributed by atoms with E-state index in [0.29, 0.717) is 25.9 Å². The van der Waals surface area contributed by atoms with Crippen molar-refractivity contribution in [1.82, 2.24) is 4.90 Å². The SMILES string of the molecule is COC(=O)[C@H]1CC2(CCC1=O)CCN(C(=O)OC(C)(C)C)C2. The van der Waals surface area contributed by atoms with E-state index in [1.165, 1.54) is 7.11 Å². The van der Waals surface area contributed by atoms with E-state index in [9.17, 15) is 14.4 Å². The molecule has 1 aliphatic carbocycles. The van der Waals surface area contributed by atoms with Crippen LogP contribution in [-0.4, -0.2) is 48.5 Å². The van der Waals surface area contributed by atoms with E-state index in [1.807, 2.05) is 20.8 Å². The number of ketones is 1. The molecule has 0 radical (unpaired) electrons. The molecular formula is C16H25NO5. The molecule has 0 aromatic heterocycles. The van der Waals surface area contributed by atoms with Crippen molar-refractivity contribution in [2.24, 2.45) is 11.3 Å². The summed E-state index contributed by atoms with van der Waals surface area (Å²) in [6.07, 6.45) is 2.04. The third-order valence-electron chi connectivity index (χ3n) is 4.50. The quantitative estimate of drug-likeness (QED) is 0.548. The molecule has 0 aromatic rings. The molecule has 6 nitrogen and oxygen atoms in total. The van der Waals surface area contributed by atoms with Crippen LogP contribution in [0.5, 0.6) is 0 Å². The maximum atomic E-state index is 12.2. The summed E-state index contributed by atoms with van der Waals surface area (Å²) in [6.45, 7) is 6.66. The Labute approximate surface area is 131 Å². The minimum Gasteiger partial charge on any atom is -0.468 e. The maximum Gasteiger partial charge on any atom is 0.410 e. The number of ether oxygens (including phenoxy) is 2. The van der Waals surface area contributed by atoms with E-state index >= 15 is 0 Å². The van der Waals surface area contributed by atoms with Crippen molar-refractivity contribution in [3.05, 3.63) is 0 Å². The van der Waals surface area contributed by atoms with E-state index in [2.05, 4.69) is 0 Å². The van der Waals surface area contributed by atoms with Crippen molar-refractivity contribution in [2.75, 3.05) is 20.2 Å². The van der Waals surface area contributed by atoms with E-state index in [0.717, 1.165) is 12.8 Å². The fourth-order valence-corrected chi connectivity index (χ4v) is 3.36. The lowest BCUT2D eigenvalue weighted by atomic mass is 9.68. The molecule has 1 heterocycles. The van der Waals surface area contributed by atoms with Gasteiger partial charge in [0.2, 0.25) is 0 Å². The highest BCUT2D eigenvalue weighted by Crippen LogP contribution is 2.45. The summed E-state index contributed by atoms with van der Waals surface area (Å²) in [5.74, 6) is -1.19. The Bertz CT molecular complexity index is 473. The van der Waals surface area contributed by atoms with Crippen LogP contribution in [0, 0.1) is 11.3 Å². The van der Waals surface area contributed by atoms with Crippen LogP contribution in [0.3, 0.4) is 0 Å². The molecule has 0 N–H and O–H groups in total. The second-order valence-electron chi connectivity index (χ2n) is 7.40. The average molecular weight is 311 g/mol. The molecular weight excluding hydrogens is 286 g/mol. The van der Waals surface area contributed by atoms with Gasteiger partial charge >= 0.3 is 12.1 Å². The number of carbonyl (C=O) groups is 3. The van der Waals surface area contributed by atoms with Gasteiger partial charge in [0.25, 0.3) is 0 Å². The largest absolute Gasteiger partial charge is 0.468 e. The van der Waals surface area contributed by atoms with Gasteiger partial charge in [0, 0.05) is 19.5 Å². The standard InChI is InChI=1S/C16H25NO5/c1-15(2,3)22-14(20)17-8-7-16(10-17)6-5-12(18)11(9-16)13(19)21-4/h11H,5-10H2,1-4H3/t11-,16?/m0/s1. The van der Waals surface area contributed by atoms with Gasteiger partial charge in [0.15, 0.2) is 0 Å². The summed E-state index contributed by atoms with van der Waals surface area (Å²) in [5.41, 5.74) is -0.687. The zero-order valence-corrected chi connectivity index (χ0v) is 13.8. The Balaban J connectivity index is 2.03. The molecule has 1 saturated carbocycles. The van der Waals surface area contributed by atoms with Crippen LogP contribution in [0.1, 0.15) is 46.5 Å². The minimum atomic E-state index is -0.683. The number of hydrogen-bond donors (Lipinski definition) is 0. The first-order chi connectivity index (χ1) is 10.2. The van der Waals surface area contributed by atoms with Gasteiger partial charge in [-0.25, -0.2) is 4.79 Å². The van der Waals surface area contributed by atoms with Gasteiger partial charge in [-0.05, 0) is 45.4 Å². The molecule has 2 fully saturated rings. The molecule has 0 bridgehead atoms. The first-order valence-electron chi connectivity index (χ1n) is 7.74. The van der Waals surface area contributed by atoms with Crippen LogP contribution in [0.4, 0.5) is 4.79 Å². The number of methoxy groups -OCH3 is 1. The highest BCUT2D eigenvalue weighted by Gasteiger charge is 2.48. The second kappa shape index (κ2) is 5.89. The molecule has 1 amide bonds. The molecule has 22 heavy (non-hydrogen) atoms. The Morgan fingerprint density at radius 2 is 1.95 bits per heavy atom. The van der Waals surface area contributed by atoms with Gasteiger partial charge in [-0.1, -0.05) is 0 Å². The number of likely N-dealkylation sites (tertiary alicyclic amines) is 1. The van der Waals surface area contributed by atoms with Crippen molar-refractivity contribution < 1.29 is 23.9 Å². The molecule has 2 rings (SSSR count). The zero-order valence-electron chi connectivity index (χ0n) is 13.8. The first kappa shape index (κ1) is 16.8. The predicted molar refractivity (Wildman–Crippen MR) is 79.2 cm³/mol. The lowest BCUT2D eigenvalue weighted by Crippen LogP contribution is -2.42. The zero-order chi connectivity index (χ0) is 16.5. The third kappa shape index (κ3) is 3.59. The lowest BCUT2D eigenvalue weighted by Gasteiger charge is -2.36. The van der Waals surface area contributed by atoms with Crippen molar-refractivity contribution in [3.63, 3.8) is 0 Å². The third-order valence-corrected chi connectivity index (χ3v) is 4.50. The van der Waals surface area contributed by atoms with Gasteiger partial charge in [0.1, 0.15) is 17.3 Å². The monoisotopic (exact) mass is 311 g/mol. The molecule has 1 saturated heterocycles. The maximum absolute atomic E-state index is 12.2. The van der Waals surface area contributed by atoms with Gasteiger partial charge in [-0.15, -0.1) is 0 Å². The van der Waals surface area contributed by atoms with Gasteiger partial charge in [-0.3, -0.25) is 9.59 Å². The van der Waals surface area contributed by atoms with Crippen molar-refractivity contribution in [3.8, 4) is 0 Å². The Morgan fingerprint density at radius 3 is 2.55 bits per heavy atom. The predicted octanol–water partition coefficient (Wildman–Crippen LogP) is 2.16. The lowest BCUT2D eigenvalue weighted by molar-refractivity contribution is -0.152. The summed E-state index contributed by atoms with van der Waals surface area (Å²) in [7, 11) is 1.30. The number of Topliss-reactive ketones (excluding diaryl/α,β-unsaturated/α-hetero) is 1. The summed E-state index contributed by atoms with van der Waals surface area (Å²) in [6, 6.07) is 0. The normalized spacial score (nSPS) is 28.8. The average Bonchev–Trinajstić information content (AvgIpc) is 2.83. The molecule has 124 valence electrons. The first-order valence-corrected chi connectivity index (χ1v) is 7.74. The van der Waals surface area contributed by atoms with Gasteiger partial charge in [0.05, 0.1) is 7.11 Å². The Morgan fingerprint density at radius 1 is 1.27 bits per heavy atom. The number of nitrogens with zero attached hydrogens (tertiary/aromatic N) is 1. The Kier molecular flexibility index (Phi) is 4.49. The highest BCUT2D eigenvalue weighted by molar-refractivity contribution is 5.99. The van der Waals surface area contributed by atoms with E-state index in [-0.39, 0.29) is 17.3 Å². The Hall–Kier alpha value is -1.59. The topological polar surface area (TPSA) is 72.9 Å². The molecule has 1 unspecified atom stereocenters. The fraction of sp³-hybridized carbons (Fsp3) is 0.812. The number of rotatable bonds is 1. The summed E-state index contributed by atoms with van der Waals surface area (Å²) >= 11 is 0. The van der Waals surface area contributed by atoms with Crippen LogP contribution in [0.2, 0.25) is 0 Å². The molecule has 2 aliphatic rings. The fourth-order valence-electron chi connectivity index (χ4n) is 3.36. The second-order valence-corrected chi connectivity index (χ2v) is 7.40. The van der Waals surface area contributed by atoms with E-state index in [1.54, 1.807) is 4.90 Å². The minimum absolute atomic E-state index is 0.0480. The highest BCUT2D eigenvalue weighted by atomic mass is 16.6. The van der Waals surface area contributed by atoms with Crippen molar-refractivity contribution in [2.45, 2.75) is 52.1 Å². The van der Waals surface area contributed by atoms with Crippen LogP contribution in [0.25, 0.3) is 0 Å². The molecule has 1 aliphatic heterocycles. The molecule has 2 atom stereocenters. The number of carbonyl (C=O) groups excluding carboxylic acids is 3. The number of hydrogen-bond acceptors (Lipinski definition) is 5. The number of esters is 1. The molecule has 6 heteroatoms. The summed E-state index contributed by atoms with van der Waals surface area (Å²) < 4.78 is 10.1. The molecule has 1 spiro atoms. The van der Waals surface area contributed by atoms with Crippen molar-refractivity contribution >= 4 is 17.8 Å². The van der Waals surface area contributed by atoms with Crippen LogP contribution >= 0.6 is 0 Å². The van der Waals surface area contributed by atoms with Crippen LogP contribution in [0.15, 0.2) is 0 Å². The smallest absolute Gasteiger partial charge is 0.410 e. The summed E-state index contributed by atoms with van der Waals surface area (Å²) in [4.78, 5) is 37.6. The molecule has 0 aromatic carbocycles. The van der Waals surface area contributed by atoms with Crippen molar-refractivity contribution in [1.29, 1.82) is 0 Å². The van der Waals surface area contributed by atoms with Crippen LogP contribution in [-0.2, 0) is 19.1 Å².